The Balaban J connectivity index is 1.91. The lowest BCUT2D eigenvalue weighted by Crippen LogP contribution is -2.32. The SMILES string of the molecule is CNC(=O)[C@@H](C#N)C(=O)CCc1cccc(OC2CCCC2)c1. The van der Waals surface area contributed by atoms with Gasteiger partial charge < -0.3 is 10.1 Å². The molecule has 1 saturated carbocycles. The molecule has 5 nitrogen and oxygen atoms in total. The third-order valence-corrected chi connectivity index (χ3v) is 4.12. The highest BCUT2D eigenvalue weighted by molar-refractivity contribution is 6.03. The van der Waals surface area contributed by atoms with E-state index in [9.17, 15) is 9.59 Å². The van der Waals surface area contributed by atoms with Gasteiger partial charge in [0.25, 0.3) is 0 Å². The number of carbonyl (C=O) groups is 2. The number of hydrogen-bond donors (Lipinski definition) is 1. The van der Waals surface area contributed by atoms with E-state index in [0.29, 0.717) is 12.5 Å². The molecule has 0 saturated heterocycles. The van der Waals surface area contributed by atoms with E-state index in [4.69, 9.17) is 10.00 Å². The van der Waals surface area contributed by atoms with E-state index in [0.717, 1.165) is 24.2 Å². The van der Waals surface area contributed by atoms with Gasteiger partial charge in [0.05, 0.1) is 12.2 Å². The summed E-state index contributed by atoms with van der Waals surface area (Å²) in [6.07, 6.45) is 5.58. The molecule has 1 atom stereocenters. The second kappa shape index (κ2) is 8.33. The molecule has 1 aliphatic carbocycles. The molecule has 23 heavy (non-hydrogen) atoms. The Morgan fingerprint density at radius 1 is 1.39 bits per heavy atom. The molecule has 1 aromatic carbocycles. The highest BCUT2D eigenvalue weighted by Crippen LogP contribution is 2.25. The van der Waals surface area contributed by atoms with Crippen LogP contribution in [0.15, 0.2) is 24.3 Å². The number of rotatable bonds is 7. The van der Waals surface area contributed by atoms with Gasteiger partial charge in [-0.25, -0.2) is 0 Å². The number of nitriles is 1. The largest absolute Gasteiger partial charge is 0.490 e. The molecule has 5 heteroatoms. The Bertz CT molecular complexity index is 601. The lowest BCUT2D eigenvalue weighted by molar-refractivity contribution is -0.131. The first-order chi connectivity index (χ1) is 11.1. The molecule has 0 spiro atoms. The van der Waals surface area contributed by atoms with E-state index in [1.165, 1.54) is 19.9 Å². The molecule has 0 aliphatic heterocycles. The average Bonchev–Trinajstić information content (AvgIpc) is 3.06. The topological polar surface area (TPSA) is 79.2 Å². The molecule has 1 aromatic rings. The third kappa shape index (κ3) is 4.82. The molecule has 122 valence electrons. The van der Waals surface area contributed by atoms with Gasteiger partial charge in [0.1, 0.15) is 5.75 Å². The van der Waals surface area contributed by atoms with Crippen LogP contribution in [0.3, 0.4) is 0 Å². The van der Waals surface area contributed by atoms with Crippen molar-refractivity contribution < 1.29 is 14.3 Å². The second-order valence-electron chi connectivity index (χ2n) is 5.81. The lowest BCUT2D eigenvalue weighted by atomic mass is 9.98. The monoisotopic (exact) mass is 314 g/mol. The zero-order chi connectivity index (χ0) is 16.7. The quantitative estimate of drug-likeness (QED) is 0.784. The second-order valence-corrected chi connectivity index (χ2v) is 5.81. The van der Waals surface area contributed by atoms with E-state index < -0.39 is 11.8 Å². The zero-order valence-electron chi connectivity index (χ0n) is 13.4. The number of amides is 1. The Kier molecular flexibility index (Phi) is 6.16. The molecule has 0 radical (unpaired) electrons. The molecule has 1 aliphatic rings. The molecular weight excluding hydrogens is 292 g/mol. The molecule has 1 amide bonds. The standard InChI is InChI=1S/C18H22N2O3/c1-20-18(22)16(12-19)17(21)10-9-13-5-4-8-15(11-13)23-14-6-2-3-7-14/h4-5,8,11,14,16H,2-3,6-7,9-10H2,1H3,(H,20,22)/t16-/m0/s1. The minimum atomic E-state index is -1.22. The van der Waals surface area contributed by atoms with E-state index >= 15 is 0 Å². The number of Topliss-reactive ketones (excluding diaryl/α,β-unsaturated/α-hetero) is 1. The predicted molar refractivity (Wildman–Crippen MR) is 85.8 cm³/mol. The number of nitrogens with one attached hydrogen (secondary N) is 1. The summed E-state index contributed by atoms with van der Waals surface area (Å²) in [5, 5.41) is 11.3. The summed E-state index contributed by atoms with van der Waals surface area (Å²) in [5.41, 5.74) is 0.974. The first kappa shape index (κ1) is 17.0. The molecular formula is C18H22N2O3. The summed E-state index contributed by atoms with van der Waals surface area (Å²) >= 11 is 0. The maximum Gasteiger partial charge on any atom is 0.244 e. The maximum atomic E-state index is 12.0. The predicted octanol–water partition coefficient (Wildman–Crippen LogP) is 2.40. The number of hydrogen-bond acceptors (Lipinski definition) is 4. The van der Waals surface area contributed by atoms with E-state index in [2.05, 4.69) is 5.32 Å². The summed E-state index contributed by atoms with van der Waals surface area (Å²) in [6, 6.07) is 9.46. The van der Waals surface area contributed by atoms with Crippen molar-refractivity contribution in [2.75, 3.05) is 7.05 Å². The normalized spacial score (nSPS) is 15.7. The Morgan fingerprint density at radius 3 is 2.78 bits per heavy atom. The van der Waals surface area contributed by atoms with Crippen LogP contribution < -0.4 is 10.1 Å². The number of ketones is 1. The van der Waals surface area contributed by atoms with Gasteiger partial charge in [-0.05, 0) is 49.8 Å². The minimum absolute atomic E-state index is 0.165. The maximum absolute atomic E-state index is 12.0. The highest BCUT2D eigenvalue weighted by atomic mass is 16.5. The Labute approximate surface area is 136 Å². The van der Waals surface area contributed by atoms with Crippen molar-refractivity contribution in [3.63, 3.8) is 0 Å². The fourth-order valence-electron chi connectivity index (χ4n) is 2.81. The molecule has 0 unspecified atom stereocenters. The van der Waals surface area contributed by atoms with E-state index in [1.807, 2.05) is 24.3 Å². The van der Waals surface area contributed by atoms with Crippen LogP contribution in [0.4, 0.5) is 0 Å². The van der Waals surface area contributed by atoms with Crippen LogP contribution in [0.5, 0.6) is 5.75 Å². The molecule has 1 fully saturated rings. The smallest absolute Gasteiger partial charge is 0.244 e. The lowest BCUT2D eigenvalue weighted by Gasteiger charge is -2.14. The van der Waals surface area contributed by atoms with E-state index in [1.54, 1.807) is 6.07 Å². The summed E-state index contributed by atoms with van der Waals surface area (Å²) < 4.78 is 5.95. The number of benzene rings is 1. The van der Waals surface area contributed by atoms with Gasteiger partial charge in [-0.15, -0.1) is 0 Å². The fourth-order valence-corrected chi connectivity index (χ4v) is 2.81. The minimum Gasteiger partial charge on any atom is -0.490 e. The average molecular weight is 314 g/mol. The van der Waals surface area contributed by atoms with Crippen LogP contribution in [0.1, 0.15) is 37.7 Å². The van der Waals surface area contributed by atoms with Gasteiger partial charge in [0.15, 0.2) is 11.7 Å². The highest BCUT2D eigenvalue weighted by Gasteiger charge is 2.24. The number of ether oxygens (including phenoxy) is 1. The van der Waals surface area contributed by atoms with Gasteiger partial charge in [-0.1, -0.05) is 12.1 Å². The molecule has 0 bridgehead atoms. The van der Waals surface area contributed by atoms with Crippen molar-refractivity contribution in [1.29, 1.82) is 5.26 Å². The van der Waals surface area contributed by atoms with Crippen LogP contribution in [0, 0.1) is 17.2 Å². The van der Waals surface area contributed by atoms with Crippen molar-refractivity contribution in [2.24, 2.45) is 5.92 Å². The van der Waals surface area contributed by atoms with Gasteiger partial charge >= 0.3 is 0 Å². The van der Waals surface area contributed by atoms with E-state index in [-0.39, 0.29) is 12.2 Å². The summed E-state index contributed by atoms with van der Waals surface area (Å²) in [4.78, 5) is 23.5. The number of carbonyl (C=O) groups excluding carboxylic acids is 2. The van der Waals surface area contributed by atoms with Crippen LogP contribution in [-0.2, 0) is 16.0 Å². The van der Waals surface area contributed by atoms with Crippen LogP contribution in [0.2, 0.25) is 0 Å². The third-order valence-electron chi connectivity index (χ3n) is 4.12. The molecule has 0 aromatic heterocycles. The van der Waals surface area contributed by atoms with Gasteiger partial charge in [-0.3, -0.25) is 9.59 Å². The van der Waals surface area contributed by atoms with Crippen molar-refractivity contribution >= 4 is 11.7 Å². The Hall–Kier alpha value is -2.35. The molecule has 0 heterocycles. The number of nitrogens with zero attached hydrogens (tertiary/aromatic N) is 1. The number of aryl methyl sites for hydroxylation is 1. The first-order valence-electron chi connectivity index (χ1n) is 8.03. The molecule has 2 rings (SSSR count). The van der Waals surface area contributed by atoms with Crippen molar-refractivity contribution in [2.45, 2.75) is 44.6 Å². The first-order valence-corrected chi connectivity index (χ1v) is 8.03. The molecule has 1 N–H and O–H groups in total. The summed E-state index contributed by atoms with van der Waals surface area (Å²) in [6.45, 7) is 0. The van der Waals surface area contributed by atoms with Crippen LogP contribution in [0.25, 0.3) is 0 Å². The van der Waals surface area contributed by atoms with Gasteiger partial charge in [-0.2, -0.15) is 5.26 Å². The fraction of sp³-hybridized carbons (Fsp3) is 0.500. The van der Waals surface area contributed by atoms with Crippen molar-refractivity contribution in [1.82, 2.24) is 5.32 Å². The van der Waals surface area contributed by atoms with Gasteiger partial charge in [0, 0.05) is 13.5 Å². The van der Waals surface area contributed by atoms with Crippen molar-refractivity contribution in [3.05, 3.63) is 29.8 Å². The van der Waals surface area contributed by atoms with Crippen molar-refractivity contribution in [3.8, 4) is 11.8 Å². The van der Waals surface area contributed by atoms with Crippen LogP contribution >= 0.6 is 0 Å². The summed E-state index contributed by atoms with van der Waals surface area (Å²) in [7, 11) is 1.42. The summed E-state index contributed by atoms with van der Waals surface area (Å²) in [5.74, 6) is -1.30. The Morgan fingerprint density at radius 2 is 2.13 bits per heavy atom. The van der Waals surface area contributed by atoms with Gasteiger partial charge in [0.2, 0.25) is 5.91 Å². The zero-order valence-corrected chi connectivity index (χ0v) is 13.4. The van der Waals surface area contributed by atoms with Crippen LogP contribution in [-0.4, -0.2) is 24.8 Å².